The zero-order chi connectivity index (χ0) is 43.3. The lowest BCUT2D eigenvalue weighted by molar-refractivity contribution is -0.202. The van der Waals surface area contributed by atoms with Crippen molar-refractivity contribution in [3.05, 3.63) is 239 Å². The maximum Gasteiger partial charge on any atom is 0.303 e. The third-order valence-corrected chi connectivity index (χ3v) is 10.3. The van der Waals surface area contributed by atoms with Crippen LogP contribution < -0.4 is 9.47 Å². The molecule has 7 aromatic rings. The zero-order valence-corrected chi connectivity index (χ0v) is 35.6. The number of hydrogen-bond donors (Lipinski definition) is 0. The van der Waals surface area contributed by atoms with Crippen molar-refractivity contribution in [1.29, 1.82) is 0 Å². The molecule has 0 saturated carbocycles. The van der Waals surface area contributed by atoms with E-state index in [2.05, 4.69) is 0 Å². The summed E-state index contributed by atoms with van der Waals surface area (Å²) in [6.45, 7) is 3.17. The molecule has 1 unspecified atom stereocenters. The van der Waals surface area contributed by atoms with E-state index >= 15 is 0 Å². The molecule has 0 aliphatic rings. The summed E-state index contributed by atoms with van der Waals surface area (Å²) in [5.74, 6) is 0.549. The van der Waals surface area contributed by atoms with Gasteiger partial charge in [0.05, 0.1) is 33.0 Å². The van der Waals surface area contributed by atoms with Crippen LogP contribution in [-0.2, 0) is 68.1 Å². The van der Waals surface area contributed by atoms with Gasteiger partial charge in [0.1, 0.15) is 43.0 Å². The highest BCUT2D eigenvalue weighted by Gasteiger charge is 2.42. The molecule has 8 heteroatoms. The summed E-state index contributed by atoms with van der Waals surface area (Å²) in [6.07, 6.45) is -3.56. The molecule has 0 aliphatic heterocycles. The number of rotatable bonds is 24. The lowest BCUT2D eigenvalue weighted by atomic mass is 9.95. The minimum absolute atomic E-state index is 0.142. The van der Waals surface area contributed by atoms with E-state index in [1.807, 2.05) is 200 Å². The lowest BCUT2D eigenvalue weighted by Crippen LogP contribution is -2.48. The maximum atomic E-state index is 13.4. The highest BCUT2D eigenvalue weighted by molar-refractivity contribution is 5.66. The molecule has 0 amide bonds. The second kappa shape index (κ2) is 24.2. The lowest BCUT2D eigenvalue weighted by Gasteiger charge is -2.38. The van der Waals surface area contributed by atoms with E-state index in [9.17, 15) is 4.79 Å². The fourth-order valence-electron chi connectivity index (χ4n) is 7.11. The Morgan fingerprint density at radius 3 is 1.29 bits per heavy atom. The number of hydrogen-bond acceptors (Lipinski definition) is 8. The average molecular weight is 843 g/mol. The van der Waals surface area contributed by atoms with Gasteiger partial charge in [-0.05, 0) is 45.5 Å². The van der Waals surface area contributed by atoms with Crippen molar-refractivity contribution in [2.24, 2.45) is 0 Å². The van der Waals surface area contributed by atoms with Crippen LogP contribution in [0.1, 0.15) is 52.0 Å². The summed E-state index contributed by atoms with van der Waals surface area (Å²) in [6, 6.07) is 65.3. The summed E-state index contributed by atoms with van der Waals surface area (Å²) in [4.78, 5) is 13.4. The minimum atomic E-state index is -1.04. The van der Waals surface area contributed by atoms with E-state index in [1.54, 1.807) is 0 Å². The molecule has 7 aromatic carbocycles. The first-order valence-electron chi connectivity index (χ1n) is 21.3. The van der Waals surface area contributed by atoms with Gasteiger partial charge in [-0.2, -0.15) is 0 Å². The van der Waals surface area contributed by atoms with E-state index in [0.29, 0.717) is 30.3 Å². The molecule has 0 saturated heterocycles. The van der Waals surface area contributed by atoms with Crippen molar-refractivity contribution in [3.63, 3.8) is 0 Å². The van der Waals surface area contributed by atoms with Gasteiger partial charge in [0.15, 0.2) is 6.10 Å². The Balaban J connectivity index is 1.31. The van der Waals surface area contributed by atoms with Gasteiger partial charge in [-0.15, -0.1) is 0 Å². The van der Waals surface area contributed by atoms with Crippen LogP contribution in [0.2, 0.25) is 0 Å². The Hall–Kier alpha value is -6.55. The van der Waals surface area contributed by atoms with Crippen LogP contribution in [0.25, 0.3) is 0 Å². The van der Waals surface area contributed by atoms with Crippen molar-refractivity contribution < 1.29 is 38.0 Å². The van der Waals surface area contributed by atoms with Crippen molar-refractivity contribution in [1.82, 2.24) is 0 Å². The predicted octanol–water partition coefficient (Wildman–Crippen LogP) is 11.4. The van der Waals surface area contributed by atoms with E-state index in [4.69, 9.17) is 33.2 Å². The van der Waals surface area contributed by atoms with Crippen LogP contribution in [0.15, 0.2) is 200 Å². The van der Waals surface area contributed by atoms with Crippen LogP contribution >= 0.6 is 0 Å². The second-order valence-electron chi connectivity index (χ2n) is 15.1. The molecule has 0 radical (unpaired) electrons. The van der Waals surface area contributed by atoms with E-state index < -0.39 is 30.4 Å². The Morgan fingerprint density at radius 1 is 0.429 bits per heavy atom. The molecule has 8 nitrogen and oxygen atoms in total. The molecule has 4 atom stereocenters. The molecule has 7 rings (SSSR count). The summed E-state index contributed by atoms with van der Waals surface area (Å²) < 4.78 is 46.7. The Kier molecular flexibility index (Phi) is 17.1. The predicted molar refractivity (Wildman–Crippen MR) is 244 cm³/mol. The van der Waals surface area contributed by atoms with Gasteiger partial charge >= 0.3 is 5.97 Å². The Bertz CT molecular complexity index is 2350. The smallest absolute Gasteiger partial charge is 0.303 e. The topological polar surface area (TPSA) is 81.7 Å². The summed E-state index contributed by atoms with van der Waals surface area (Å²) in [7, 11) is 0. The first-order valence-corrected chi connectivity index (χ1v) is 21.3. The number of benzene rings is 7. The average Bonchev–Trinajstić information content (AvgIpc) is 3.34. The van der Waals surface area contributed by atoms with Crippen molar-refractivity contribution in [3.8, 4) is 11.5 Å². The summed E-state index contributed by atoms with van der Waals surface area (Å²) in [5, 5.41) is 0. The van der Waals surface area contributed by atoms with E-state index in [1.165, 1.54) is 6.92 Å². The highest BCUT2D eigenvalue weighted by atomic mass is 16.6. The first kappa shape index (κ1) is 44.5. The first-order chi connectivity index (χ1) is 31.1. The SMILES string of the molecule is CC(=O)OC(c1ccc(OCc2ccccc2)cc1OCc1ccccc1)[C@H](OCc1ccccc1)[C@H](OCc1ccccc1)[C@@H](COCc1ccccc1)OCc1ccccc1. The number of esters is 1. The quantitative estimate of drug-likeness (QED) is 0.0557. The number of carbonyl (C=O) groups excluding carboxylic acids is 1. The van der Waals surface area contributed by atoms with Gasteiger partial charge < -0.3 is 33.2 Å². The molecule has 322 valence electrons. The molecule has 0 aliphatic carbocycles. The van der Waals surface area contributed by atoms with Gasteiger partial charge in [0.2, 0.25) is 0 Å². The molecular weight excluding hydrogens is 789 g/mol. The van der Waals surface area contributed by atoms with Gasteiger partial charge in [-0.1, -0.05) is 182 Å². The van der Waals surface area contributed by atoms with Gasteiger partial charge in [0, 0.05) is 18.6 Å². The highest BCUT2D eigenvalue weighted by Crippen LogP contribution is 2.39. The summed E-state index contributed by atoms with van der Waals surface area (Å²) in [5.41, 5.74) is 6.44. The normalized spacial score (nSPS) is 13.0. The van der Waals surface area contributed by atoms with E-state index in [0.717, 1.165) is 33.4 Å². The molecule has 0 spiro atoms. The number of carbonyl (C=O) groups is 1. The van der Waals surface area contributed by atoms with Crippen LogP contribution in [0, 0.1) is 0 Å². The fourth-order valence-corrected chi connectivity index (χ4v) is 7.11. The summed E-state index contributed by atoms with van der Waals surface area (Å²) >= 11 is 0. The maximum absolute atomic E-state index is 13.4. The third kappa shape index (κ3) is 14.2. The third-order valence-electron chi connectivity index (χ3n) is 10.3. The minimum Gasteiger partial charge on any atom is -0.489 e. The van der Waals surface area contributed by atoms with Gasteiger partial charge in [-0.3, -0.25) is 4.79 Å². The molecule has 0 aromatic heterocycles. The standard InChI is InChI=1S/C55H54O8/c1-42(56)63-53(50-33-32-49(58-36-44-22-10-3-11-23-44)34-51(50)59-37-45-24-12-4-13-25-45)55(62-40-48-30-18-7-19-31-48)54(61-39-47-28-16-6-17-29-47)52(60-38-46-26-14-5-15-27-46)41-57-35-43-20-8-2-9-21-43/h2-34,52-55H,35-41H2,1H3/t52-,53?,54-,55+/m1/s1. The molecule has 0 fully saturated rings. The van der Waals surface area contributed by atoms with Crippen LogP contribution in [-0.4, -0.2) is 30.9 Å². The van der Waals surface area contributed by atoms with E-state index in [-0.39, 0.29) is 33.0 Å². The molecule has 0 bridgehead atoms. The van der Waals surface area contributed by atoms with Crippen molar-refractivity contribution in [2.75, 3.05) is 6.61 Å². The molecule has 0 heterocycles. The molecule has 63 heavy (non-hydrogen) atoms. The van der Waals surface area contributed by atoms with Crippen LogP contribution in [0.4, 0.5) is 0 Å². The zero-order valence-electron chi connectivity index (χ0n) is 35.6. The van der Waals surface area contributed by atoms with Crippen LogP contribution in [0.3, 0.4) is 0 Å². The van der Waals surface area contributed by atoms with Crippen LogP contribution in [0.5, 0.6) is 11.5 Å². The Labute approximate surface area is 370 Å². The molecule has 0 N–H and O–H groups in total. The second-order valence-corrected chi connectivity index (χ2v) is 15.1. The molecular formula is C55H54O8. The van der Waals surface area contributed by atoms with Crippen molar-refractivity contribution in [2.45, 2.75) is 71.0 Å². The van der Waals surface area contributed by atoms with Crippen molar-refractivity contribution >= 4 is 5.97 Å². The number of ether oxygens (including phenoxy) is 7. The van der Waals surface area contributed by atoms with Gasteiger partial charge in [0.25, 0.3) is 0 Å². The monoisotopic (exact) mass is 842 g/mol. The van der Waals surface area contributed by atoms with Gasteiger partial charge in [-0.25, -0.2) is 0 Å². The largest absolute Gasteiger partial charge is 0.489 e. The fraction of sp³-hybridized carbons (Fsp3) is 0.218. The Morgan fingerprint density at radius 2 is 0.825 bits per heavy atom.